The maximum absolute atomic E-state index is 12.4. The Kier molecular flexibility index (Phi) is 5.37. The summed E-state index contributed by atoms with van der Waals surface area (Å²) in [5.74, 6) is 0. The zero-order chi connectivity index (χ0) is 15.5. The van der Waals surface area contributed by atoms with Gasteiger partial charge in [0.05, 0.1) is 11.4 Å². The first kappa shape index (κ1) is 16.4. The van der Waals surface area contributed by atoms with Crippen molar-refractivity contribution in [2.45, 2.75) is 44.2 Å². The fourth-order valence-corrected chi connectivity index (χ4v) is 3.93. The second-order valence-corrected chi connectivity index (χ2v) is 7.12. The summed E-state index contributed by atoms with van der Waals surface area (Å²) in [5, 5.41) is 9.73. The SMILES string of the molecule is CCN(CCNS(=O)(=O)c1c(CNC)n[nH]c1C)C1CC1. The van der Waals surface area contributed by atoms with Crippen LogP contribution in [0, 0.1) is 6.92 Å². The Morgan fingerprint density at radius 2 is 2.14 bits per heavy atom. The number of hydrogen-bond donors (Lipinski definition) is 3. The lowest BCUT2D eigenvalue weighted by molar-refractivity contribution is 0.282. The van der Waals surface area contributed by atoms with Gasteiger partial charge in [-0.25, -0.2) is 13.1 Å². The minimum Gasteiger partial charge on any atom is -0.314 e. The molecule has 0 aliphatic heterocycles. The molecule has 1 aliphatic rings. The van der Waals surface area contributed by atoms with Crippen LogP contribution in [0.1, 0.15) is 31.2 Å². The van der Waals surface area contributed by atoms with Crippen molar-refractivity contribution in [3.05, 3.63) is 11.4 Å². The average molecular weight is 315 g/mol. The van der Waals surface area contributed by atoms with Gasteiger partial charge in [0.15, 0.2) is 0 Å². The first-order valence-corrected chi connectivity index (χ1v) is 8.90. The van der Waals surface area contributed by atoms with Gasteiger partial charge in [-0.2, -0.15) is 5.10 Å². The summed E-state index contributed by atoms with van der Waals surface area (Å²) >= 11 is 0. The van der Waals surface area contributed by atoms with E-state index >= 15 is 0 Å². The zero-order valence-corrected chi connectivity index (χ0v) is 13.8. The Labute approximate surface area is 126 Å². The third kappa shape index (κ3) is 4.03. The first-order chi connectivity index (χ1) is 9.99. The van der Waals surface area contributed by atoms with Gasteiger partial charge in [-0.3, -0.25) is 10.00 Å². The smallest absolute Gasteiger partial charge is 0.244 e. The summed E-state index contributed by atoms with van der Waals surface area (Å²) in [5.41, 5.74) is 1.10. The van der Waals surface area contributed by atoms with E-state index in [0.717, 1.165) is 13.1 Å². The topological polar surface area (TPSA) is 90.1 Å². The summed E-state index contributed by atoms with van der Waals surface area (Å²) in [4.78, 5) is 2.59. The molecule has 0 amide bonds. The van der Waals surface area contributed by atoms with E-state index in [1.165, 1.54) is 12.8 Å². The van der Waals surface area contributed by atoms with Crippen molar-refractivity contribution in [2.24, 2.45) is 0 Å². The number of hydrogen-bond acceptors (Lipinski definition) is 5. The summed E-state index contributed by atoms with van der Waals surface area (Å²) in [6, 6.07) is 0.648. The summed E-state index contributed by atoms with van der Waals surface area (Å²) in [6.45, 7) is 6.39. The van der Waals surface area contributed by atoms with Crippen molar-refractivity contribution < 1.29 is 8.42 Å². The molecule has 1 heterocycles. The van der Waals surface area contributed by atoms with Gasteiger partial charge < -0.3 is 5.32 Å². The lowest BCUT2D eigenvalue weighted by Gasteiger charge is -2.19. The molecule has 0 spiro atoms. The molecule has 0 radical (unpaired) electrons. The van der Waals surface area contributed by atoms with Crippen LogP contribution >= 0.6 is 0 Å². The maximum atomic E-state index is 12.4. The largest absolute Gasteiger partial charge is 0.314 e. The van der Waals surface area contributed by atoms with Crippen LogP contribution in [-0.2, 0) is 16.6 Å². The fourth-order valence-electron chi connectivity index (χ4n) is 2.55. The van der Waals surface area contributed by atoms with Gasteiger partial charge in [0, 0.05) is 25.7 Å². The van der Waals surface area contributed by atoms with Crippen LogP contribution in [0.25, 0.3) is 0 Å². The van der Waals surface area contributed by atoms with E-state index in [9.17, 15) is 8.42 Å². The molecule has 1 aromatic heterocycles. The van der Waals surface area contributed by atoms with Crippen LogP contribution < -0.4 is 10.0 Å². The molecule has 2 rings (SSSR count). The van der Waals surface area contributed by atoms with Crippen molar-refractivity contribution in [1.82, 2.24) is 25.1 Å². The minimum atomic E-state index is -3.52. The third-order valence-electron chi connectivity index (χ3n) is 3.73. The van der Waals surface area contributed by atoms with Crippen molar-refractivity contribution in [3.8, 4) is 0 Å². The van der Waals surface area contributed by atoms with Crippen LogP contribution in [0.2, 0.25) is 0 Å². The van der Waals surface area contributed by atoms with Gasteiger partial charge in [0.1, 0.15) is 4.90 Å². The van der Waals surface area contributed by atoms with Crippen LogP contribution in [0.3, 0.4) is 0 Å². The minimum absolute atomic E-state index is 0.270. The molecule has 120 valence electrons. The van der Waals surface area contributed by atoms with Gasteiger partial charge in [-0.05, 0) is 33.4 Å². The number of aromatic nitrogens is 2. The van der Waals surface area contributed by atoms with E-state index in [2.05, 4.69) is 32.1 Å². The van der Waals surface area contributed by atoms with Gasteiger partial charge in [-0.15, -0.1) is 0 Å². The summed E-state index contributed by atoms with van der Waals surface area (Å²) in [6.07, 6.45) is 2.46. The van der Waals surface area contributed by atoms with Gasteiger partial charge in [0.25, 0.3) is 0 Å². The molecule has 8 heteroatoms. The zero-order valence-electron chi connectivity index (χ0n) is 12.9. The number of sulfonamides is 1. The Bertz CT molecular complexity index is 565. The Morgan fingerprint density at radius 3 is 2.71 bits per heavy atom. The molecule has 0 saturated heterocycles. The molecule has 1 aliphatic carbocycles. The first-order valence-electron chi connectivity index (χ1n) is 7.41. The predicted octanol–water partition coefficient (Wildman–Crippen LogP) is 0.200. The highest BCUT2D eigenvalue weighted by molar-refractivity contribution is 7.89. The van der Waals surface area contributed by atoms with Crippen molar-refractivity contribution in [3.63, 3.8) is 0 Å². The van der Waals surface area contributed by atoms with Crippen molar-refractivity contribution in [1.29, 1.82) is 0 Å². The molecule has 1 fully saturated rings. The van der Waals surface area contributed by atoms with E-state index in [1.54, 1.807) is 14.0 Å². The molecule has 0 atom stereocenters. The molecule has 0 unspecified atom stereocenters. The lowest BCUT2D eigenvalue weighted by Crippen LogP contribution is -2.36. The normalized spacial score (nSPS) is 15.8. The van der Waals surface area contributed by atoms with E-state index in [4.69, 9.17) is 0 Å². The monoisotopic (exact) mass is 315 g/mol. The number of aromatic amines is 1. The second-order valence-electron chi connectivity index (χ2n) is 5.41. The molecule has 21 heavy (non-hydrogen) atoms. The van der Waals surface area contributed by atoms with Crippen LogP contribution in [0.4, 0.5) is 0 Å². The fraction of sp³-hybridized carbons (Fsp3) is 0.769. The number of likely N-dealkylation sites (N-methyl/N-ethyl adjacent to an activating group) is 1. The number of rotatable bonds is 9. The lowest BCUT2D eigenvalue weighted by atomic mass is 10.4. The highest BCUT2D eigenvalue weighted by Gasteiger charge is 2.28. The summed E-state index contributed by atoms with van der Waals surface area (Å²) < 4.78 is 27.6. The van der Waals surface area contributed by atoms with Crippen molar-refractivity contribution in [2.75, 3.05) is 26.7 Å². The molecule has 0 bridgehead atoms. The van der Waals surface area contributed by atoms with Gasteiger partial charge >= 0.3 is 0 Å². The highest BCUT2D eigenvalue weighted by Crippen LogP contribution is 2.26. The van der Waals surface area contributed by atoms with Gasteiger partial charge in [-0.1, -0.05) is 6.92 Å². The predicted molar refractivity (Wildman–Crippen MR) is 81.5 cm³/mol. The van der Waals surface area contributed by atoms with E-state index < -0.39 is 10.0 Å². The Hall–Kier alpha value is -0.960. The van der Waals surface area contributed by atoms with Gasteiger partial charge in [0.2, 0.25) is 10.0 Å². The molecule has 1 aromatic rings. The molecule has 1 saturated carbocycles. The van der Waals surface area contributed by atoms with E-state index in [-0.39, 0.29) is 4.90 Å². The molecular formula is C13H25N5O2S. The highest BCUT2D eigenvalue weighted by atomic mass is 32.2. The quantitative estimate of drug-likeness (QED) is 0.606. The van der Waals surface area contributed by atoms with Crippen LogP contribution in [-0.4, -0.2) is 56.2 Å². The van der Waals surface area contributed by atoms with Crippen molar-refractivity contribution >= 4 is 10.0 Å². The number of nitrogens with zero attached hydrogens (tertiary/aromatic N) is 2. The molecule has 0 aromatic carbocycles. The maximum Gasteiger partial charge on any atom is 0.244 e. The average Bonchev–Trinajstić information content (AvgIpc) is 3.19. The molecular weight excluding hydrogens is 290 g/mol. The Balaban J connectivity index is 1.99. The standard InChI is InChI=1S/C13H25N5O2S/c1-4-18(11-5-6-11)8-7-15-21(19,20)13-10(2)16-17-12(13)9-14-3/h11,14-15H,4-9H2,1-3H3,(H,16,17). The number of nitrogens with one attached hydrogen (secondary N) is 3. The third-order valence-corrected chi connectivity index (χ3v) is 5.40. The summed E-state index contributed by atoms with van der Waals surface area (Å²) in [7, 11) is -1.75. The second kappa shape index (κ2) is 6.87. The van der Waals surface area contributed by atoms with E-state index in [1.807, 2.05) is 0 Å². The molecule has 7 nitrogen and oxygen atoms in total. The number of aryl methyl sites for hydroxylation is 1. The van der Waals surface area contributed by atoms with Crippen LogP contribution in [0.5, 0.6) is 0 Å². The molecule has 3 N–H and O–H groups in total. The Morgan fingerprint density at radius 1 is 1.43 bits per heavy atom. The number of H-pyrrole nitrogens is 1. The van der Waals surface area contributed by atoms with Crippen LogP contribution in [0.15, 0.2) is 4.90 Å². The van der Waals surface area contributed by atoms with E-state index in [0.29, 0.717) is 30.5 Å².